The predicted octanol–water partition coefficient (Wildman–Crippen LogP) is 17.5. The summed E-state index contributed by atoms with van der Waals surface area (Å²) in [6.45, 7) is 0. The van der Waals surface area contributed by atoms with Gasteiger partial charge in [-0.15, -0.1) is 0 Å². The Morgan fingerprint density at radius 2 is 0.892 bits per heavy atom. The van der Waals surface area contributed by atoms with E-state index in [4.69, 9.17) is 4.42 Å². The van der Waals surface area contributed by atoms with E-state index in [0.29, 0.717) is 0 Å². The first-order valence-corrected chi connectivity index (χ1v) is 22.3. The lowest BCUT2D eigenvalue weighted by atomic mass is 9.96. The van der Waals surface area contributed by atoms with Crippen LogP contribution in [-0.2, 0) is 0 Å². The van der Waals surface area contributed by atoms with Gasteiger partial charge in [-0.2, -0.15) is 0 Å². The summed E-state index contributed by atoms with van der Waals surface area (Å²) in [7, 11) is 0. The number of fused-ring (bicyclic) bond motifs is 9. The summed E-state index contributed by atoms with van der Waals surface area (Å²) in [6.07, 6.45) is 0. The average molecular weight is 829 g/mol. The zero-order chi connectivity index (χ0) is 42.8. The monoisotopic (exact) mass is 828 g/mol. The molecule has 0 bridgehead atoms. The van der Waals surface area contributed by atoms with Crippen LogP contribution in [0.2, 0.25) is 0 Å². The van der Waals surface area contributed by atoms with Crippen molar-refractivity contribution in [2.45, 2.75) is 0 Å². The van der Waals surface area contributed by atoms with Crippen molar-refractivity contribution >= 4 is 82.4 Å². The van der Waals surface area contributed by atoms with E-state index in [0.717, 1.165) is 78.1 Å². The Labute approximate surface area is 376 Å². The van der Waals surface area contributed by atoms with Crippen LogP contribution in [0, 0.1) is 0 Å². The van der Waals surface area contributed by atoms with E-state index >= 15 is 0 Å². The number of rotatable bonds is 7. The third-order valence-electron chi connectivity index (χ3n) is 13.2. The maximum Gasteiger partial charge on any atom is 0.143 e. The van der Waals surface area contributed by atoms with Crippen LogP contribution in [0.5, 0.6) is 0 Å². The summed E-state index contributed by atoms with van der Waals surface area (Å²) in [4.78, 5) is 2.47. The van der Waals surface area contributed by atoms with Crippen LogP contribution < -0.4 is 4.90 Å². The largest absolute Gasteiger partial charge is 0.455 e. The molecular weight excluding hydrogens is 789 g/mol. The predicted molar refractivity (Wildman–Crippen MR) is 274 cm³/mol. The molecule has 0 spiro atoms. The van der Waals surface area contributed by atoms with Gasteiger partial charge in [-0.25, -0.2) is 0 Å². The first kappa shape index (κ1) is 36.9. The fourth-order valence-electron chi connectivity index (χ4n) is 10.2. The summed E-state index contributed by atoms with van der Waals surface area (Å²) in [5, 5.41) is 9.60. The number of furan rings is 1. The van der Waals surface area contributed by atoms with Crippen LogP contribution in [0.25, 0.3) is 104 Å². The lowest BCUT2D eigenvalue weighted by Crippen LogP contribution is -2.12. The molecule has 11 aromatic carbocycles. The van der Waals surface area contributed by atoms with Crippen molar-refractivity contribution < 1.29 is 4.42 Å². The highest BCUT2D eigenvalue weighted by Crippen LogP contribution is 2.47. The Morgan fingerprint density at radius 3 is 1.69 bits per heavy atom. The molecule has 13 aromatic rings. The third-order valence-corrected chi connectivity index (χ3v) is 13.2. The van der Waals surface area contributed by atoms with Gasteiger partial charge in [0.05, 0.1) is 28.1 Å². The molecule has 0 atom stereocenters. The molecule has 304 valence electrons. The highest BCUT2D eigenvalue weighted by atomic mass is 16.3. The van der Waals surface area contributed by atoms with Gasteiger partial charge in [0.15, 0.2) is 0 Å². The van der Waals surface area contributed by atoms with Gasteiger partial charge in [0.25, 0.3) is 0 Å². The van der Waals surface area contributed by atoms with Crippen molar-refractivity contribution in [2.24, 2.45) is 0 Å². The molecule has 0 fully saturated rings. The standard InChI is InChI=1S/C62H40N2O/c1-2-20-46-44(17-1)40-60(49-22-4-3-21-48(46)49)63(45-37-35-41(36-38-45)42-18-15-19-43(39-42)47-28-16-29-55-54-27-9-14-34-61(54)65-62(47)55)56-30-10-5-23-50(56)51-24-6-11-31-57(51)64-58-32-12-7-25-52(58)53-26-8-13-33-59(53)64/h1-40H. The second-order valence-electron chi connectivity index (χ2n) is 16.8. The zero-order valence-corrected chi connectivity index (χ0v) is 35.4. The molecule has 0 N–H and O–H groups in total. The Balaban J connectivity index is 0.995. The minimum absolute atomic E-state index is 0.905. The van der Waals surface area contributed by atoms with Crippen LogP contribution in [0.4, 0.5) is 17.1 Å². The van der Waals surface area contributed by atoms with Gasteiger partial charge in [-0.3, -0.25) is 0 Å². The molecule has 0 aliphatic heterocycles. The smallest absolute Gasteiger partial charge is 0.143 e. The molecule has 2 aromatic heterocycles. The molecular formula is C62H40N2O. The zero-order valence-electron chi connectivity index (χ0n) is 35.4. The van der Waals surface area contributed by atoms with Gasteiger partial charge >= 0.3 is 0 Å². The molecule has 0 aliphatic rings. The number of anilines is 3. The lowest BCUT2D eigenvalue weighted by Gasteiger charge is -2.30. The molecule has 65 heavy (non-hydrogen) atoms. The van der Waals surface area contributed by atoms with Gasteiger partial charge in [0, 0.05) is 49.3 Å². The first-order chi connectivity index (χ1) is 32.3. The van der Waals surface area contributed by atoms with Gasteiger partial charge in [0.2, 0.25) is 0 Å². The van der Waals surface area contributed by atoms with E-state index < -0.39 is 0 Å². The van der Waals surface area contributed by atoms with Gasteiger partial charge < -0.3 is 13.9 Å². The normalized spacial score (nSPS) is 11.7. The van der Waals surface area contributed by atoms with E-state index in [-0.39, 0.29) is 0 Å². The summed E-state index contributed by atoms with van der Waals surface area (Å²) < 4.78 is 8.90. The highest BCUT2D eigenvalue weighted by molar-refractivity contribution is 6.16. The minimum Gasteiger partial charge on any atom is -0.455 e. The Bertz CT molecular complexity index is 3910. The Kier molecular flexibility index (Phi) is 8.53. The number of para-hydroxylation sites is 6. The van der Waals surface area contributed by atoms with Gasteiger partial charge in [0.1, 0.15) is 11.2 Å². The Morgan fingerprint density at radius 1 is 0.323 bits per heavy atom. The fourth-order valence-corrected chi connectivity index (χ4v) is 10.2. The van der Waals surface area contributed by atoms with Crippen LogP contribution in [-0.4, -0.2) is 4.57 Å². The van der Waals surface area contributed by atoms with E-state index in [1.165, 1.54) is 43.4 Å². The summed E-state index contributed by atoms with van der Waals surface area (Å²) in [5.74, 6) is 0. The van der Waals surface area contributed by atoms with E-state index in [1.54, 1.807) is 0 Å². The maximum atomic E-state index is 6.47. The fraction of sp³-hybridized carbons (Fsp3) is 0. The number of benzene rings is 11. The van der Waals surface area contributed by atoms with Crippen molar-refractivity contribution in [3.05, 3.63) is 243 Å². The van der Waals surface area contributed by atoms with Gasteiger partial charge in [-0.1, -0.05) is 188 Å². The van der Waals surface area contributed by atoms with Crippen LogP contribution in [0.3, 0.4) is 0 Å². The Hall–Kier alpha value is -8.66. The van der Waals surface area contributed by atoms with Crippen LogP contribution in [0.15, 0.2) is 247 Å². The number of nitrogens with zero attached hydrogens (tertiary/aromatic N) is 2. The third kappa shape index (κ3) is 5.97. The van der Waals surface area contributed by atoms with E-state index in [9.17, 15) is 0 Å². The first-order valence-electron chi connectivity index (χ1n) is 22.3. The van der Waals surface area contributed by atoms with Crippen LogP contribution in [0.1, 0.15) is 0 Å². The molecule has 3 nitrogen and oxygen atoms in total. The number of hydrogen-bond donors (Lipinski definition) is 0. The second-order valence-corrected chi connectivity index (χ2v) is 16.8. The summed E-state index contributed by atoms with van der Waals surface area (Å²) in [6, 6.07) is 87.8. The summed E-state index contributed by atoms with van der Waals surface area (Å²) in [5.41, 5.74) is 15.4. The van der Waals surface area contributed by atoms with Gasteiger partial charge in [-0.05, 0) is 87.4 Å². The quantitative estimate of drug-likeness (QED) is 0.149. The second kappa shape index (κ2) is 15.0. The molecule has 13 rings (SSSR count). The molecule has 2 heterocycles. The molecule has 0 saturated heterocycles. The molecule has 0 radical (unpaired) electrons. The molecule has 0 unspecified atom stereocenters. The topological polar surface area (TPSA) is 21.3 Å². The number of hydrogen-bond acceptors (Lipinski definition) is 2. The van der Waals surface area contributed by atoms with E-state index in [2.05, 4.69) is 240 Å². The average Bonchev–Trinajstić information content (AvgIpc) is 3.93. The molecule has 0 saturated carbocycles. The minimum atomic E-state index is 0.905. The van der Waals surface area contributed by atoms with Crippen molar-refractivity contribution in [3.8, 4) is 39.1 Å². The van der Waals surface area contributed by atoms with Crippen LogP contribution >= 0.6 is 0 Å². The maximum absolute atomic E-state index is 6.47. The molecule has 0 aliphatic carbocycles. The lowest BCUT2D eigenvalue weighted by molar-refractivity contribution is 0.670. The highest BCUT2D eigenvalue weighted by Gasteiger charge is 2.23. The van der Waals surface area contributed by atoms with Crippen molar-refractivity contribution in [2.75, 3.05) is 4.90 Å². The SMILES string of the molecule is c1cc(-c2ccc(N(c3ccccc3-c3ccccc3-n3c4ccccc4c4ccccc43)c3cc4ccccc4c4ccccc34)cc2)cc(-c2cccc3c2oc2ccccc23)c1. The number of aromatic nitrogens is 1. The van der Waals surface area contributed by atoms with Crippen molar-refractivity contribution in [1.29, 1.82) is 0 Å². The molecule has 3 heteroatoms. The van der Waals surface area contributed by atoms with E-state index in [1.807, 2.05) is 12.1 Å². The summed E-state index contributed by atoms with van der Waals surface area (Å²) >= 11 is 0. The molecule has 0 amide bonds. The van der Waals surface area contributed by atoms with Crippen molar-refractivity contribution in [3.63, 3.8) is 0 Å². The van der Waals surface area contributed by atoms with Crippen molar-refractivity contribution in [1.82, 2.24) is 4.57 Å².